The first kappa shape index (κ1) is 12.1. The lowest BCUT2D eigenvalue weighted by Crippen LogP contribution is -2.31. The molecule has 0 aliphatic rings. The number of aromatic nitrogens is 3. The molecule has 0 aliphatic heterocycles. The van der Waals surface area contributed by atoms with Crippen LogP contribution < -0.4 is 10.6 Å². The van der Waals surface area contributed by atoms with Crippen molar-refractivity contribution in [2.24, 2.45) is 0 Å². The molecular formula is C10H21N5. The van der Waals surface area contributed by atoms with Gasteiger partial charge in [-0.2, -0.15) is 5.10 Å². The fourth-order valence-corrected chi connectivity index (χ4v) is 1.33. The molecule has 2 N–H and O–H groups in total. The van der Waals surface area contributed by atoms with Gasteiger partial charge in [-0.05, 0) is 19.9 Å². The normalized spacial score (nSPS) is 12.9. The van der Waals surface area contributed by atoms with Crippen molar-refractivity contribution in [1.29, 1.82) is 0 Å². The number of nitrogens with one attached hydrogen (secondary N) is 2. The summed E-state index contributed by atoms with van der Waals surface area (Å²) in [5.74, 6) is 0. The summed E-state index contributed by atoms with van der Waals surface area (Å²) in [4.78, 5) is 3.92. The SMILES string of the molecule is CCCNCCNCC(C)n1cncn1. The number of nitrogens with zero attached hydrogens (tertiary/aromatic N) is 3. The molecule has 0 saturated carbocycles. The molecule has 0 bridgehead atoms. The standard InChI is InChI=1S/C10H21N5/c1-3-4-11-5-6-12-7-10(2)15-9-13-8-14-15/h8-12H,3-7H2,1-2H3. The zero-order valence-electron chi connectivity index (χ0n) is 9.61. The fraction of sp³-hybridized carbons (Fsp3) is 0.800. The third kappa shape index (κ3) is 4.90. The highest BCUT2D eigenvalue weighted by Gasteiger charge is 2.02. The lowest BCUT2D eigenvalue weighted by Gasteiger charge is -2.12. The molecule has 86 valence electrons. The van der Waals surface area contributed by atoms with Crippen LogP contribution in [0.25, 0.3) is 0 Å². The second kappa shape index (κ2) is 7.36. The van der Waals surface area contributed by atoms with Gasteiger partial charge in [0.25, 0.3) is 0 Å². The molecule has 0 saturated heterocycles. The first-order chi connectivity index (χ1) is 7.34. The Bertz CT molecular complexity index is 234. The summed E-state index contributed by atoms with van der Waals surface area (Å²) in [5.41, 5.74) is 0. The molecule has 0 spiro atoms. The Morgan fingerprint density at radius 3 is 2.73 bits per heavy atom. The summed E-state index contributed by atoms with van der Waals surface area (Å²) < 4.78 is 1.87. The number of hydrogen-bond acceptors (Lipinski definition) is 4. The van der Waals surface area contributed by atoms with Crippen LogP contribution in [-0.4, -0.2) is 40.9 Å². The monoisotopic (exact) mass is 211 g/mol. The molecule has 1 rings (SSSR count). The Kier molecular flexibility index (Phi) is 5.96. The maximum Gasteiger partial charge on any atom is 0.137 e. The van der Waals surface area contributed by atoms with Crippen molar-refractivity contribution in [2.75, 3.05) is 26.2 Å². The summed E-state index contributed by atoms with van der Waals surface area (Å²) in [6, 6.07) is 0.360. The predicted molar refractivity (Wildman–Crippen MR) is 60.8 cm³/mol. The van der Waals surface area contributed by atoms with Crippen LogP contribution >= 0.6 is 0 Å². The summed E-state index contributed by atoms with van der Waals surface area (Å²) >= 11 is 0. The van der Waals surface area contributed by atoms with Gasteiger partial charge in [0.05, 0.1) is 6.04 Å². The highest BCUT2D eigenvalue weighted by molar-refractivity contribution is 4.67. The molecule has 5 heteroatoms. The lowest BCUT2D eigenvalue weighted by atomic mass is 10.3. The average Bonchev–Trinajstić information content (AvgIpc) is 2.76. The quantitative estimate of drug-likeness (QED) is 0.612. The van der Waals surface area contributed by atoms with E-state index in [1.165, 1.54) is 6.42 Å². The van der Waals surface area contributed by atoms with E-state index in [0.717, 1.165) is 26.2 Å². The van der Waals surface area contributed by atoms with Crippen LogP contribution in [0.1, 0.15) is 26.3 Å². The zero-order valence-corrected chi connectivity index (χ0v) is 9.61. The van der Waals surface area contributed by atoms with Crippen LogP contribution in [0.2, 0.25) is 0 Å². The van der Waals surface area contributed by atoms with Gasteiger partial charge >= 0.3 is 0 Å². The molecule has 1 atom stereocenters. The van der Waals surface area contributed by atoms with Crippen LogP contribution in [0.4, 0.5) is 0 Å². The molecule has 0 aliphatic carbocycles. The highest BCUT2D eigenvalue weighted by Crippen LogP contribution is 1.98. The molecule has 0 fully saturated rings. The first-order valence-corrected chi connectivity index (χ1v) is 5.60. The van der Waals surface area contributed by atoms with Crippen molar-refractivity contribution in [2.45, 2.75) is 26.3 Å². The van der Waals surface area contributed by atoms with E-state index >= 15 is 0 Å². The molecule has 1 aromatic rings. The summed E-state index contributed by atoms with van der Waals surface area (Å²) in [7, 11) is 0. The van der Waals surface area contributed by atoms with Gasteiger partial charge in [-0.25, -0.2) is 9.67 Å². The molecule has 5 nitrogen and oxygen atoms in total. The van der Waals surface area contributed by atoms with Gasteiger partial charge in [-0.15, -0.1) is 0 Å². The molecule has 1 aromatic heterocycles. The molecule has 0 aromatic carbocycles. The highest BCUT2D eigenvalue weighted by atomic mass is 15.3. The van der Waals surface area contributed by atoms with Crippen LogP contribution in [0.15, 0.2) is 12.7 Å². The number of rotatable bonds is 8. The molecule has 0 radical (unpaired) electrons. The maximum absolute atomic E-state index is 4.09. The molecule has 15 heavy (non-hydrogen) atoms. The summed E-state index contributed by atoms with van der Waals surface area (Å²) in [6.07, 6.45) is 4.51. The zero-order chi connectivity index (χ0) is 10.9. The van der Waals surface area contributed by atoms with Crippen molar-refractivity contribution < 1.29 is 0 Å². The van der Waals surface area contributed by atoms with Gasteiger partial charge in [0, 0.05) is 19.6 Å². The first-order valence-electron chi connectivity index (χ1n) is 5.60. The van der Waals surface area contributed by atoms with E-state index < -0.39 is 0 Å². The Hall–Kier alpha value is -0.940. The van der Waals surface area contributed by atoms with Crippen molar-refractivity contribution in [3.05, 3.63) is 12.7 Å². The van der Waals surface area contributed by atoms with Crippen LogP contribution in [0.5, 0.6) is 0 Å². The van der Waals surface area contributed by atoms with E-state index in [9.17, 15) is 0 Å². The largest absolute Gasteiger partial charge is 0.315 e. The van der Waals surface area contributed by atoms with Gasteiger partial charge in [-0.3, -0.25) is 0 Å². The third-order valence-electron chi connectivity index (χ3n) is 2.23. The van der Waals surface area contributed by atoms with E-state index in [1.54, 1.807) is 12.7 Å². The van der Waals surface area contributed by atoms with Crippen LogP contribution in [-0.2, 0) is 0 Å². The fourth-order valence-electron chi connectivity index (χ4n) is 1.33. The van der Waals surface area contributed by atoms with Gasteiger partial charge in [-0.1, -0.05) is 6.92 Å². The summed E-state index contributed by atoms with van der Waals surface area (Å²) in [5, 5.41) is 10.8. The maximum atomic E-state index is 4.09. The minimum absolute atomic E-state index is 0.360. The van der Waals surface area contributed by atoms with E-state index in [-0.39, 0.29) is 0 Å². The second-order valence-electron chi connectivity index (χ2n) is 3.68. The van der Waals surface area contributed by atoms with Crippen molar-refractivity contribution in [3.63, 3.8) is 0 Å². The van der Waals surface area contributed by atoms with Gasteiger partial charge in [0.1, 0.15) is 12.7 Å². The van der Waals surface area contributed by atoms with Crippen LogP contribution in [0.3, 0.4) is 0 Å². The molecular weight excluding hydrogens is 190 g/mol. The Balaban J connectivity index is 2.00. The minimum Gasteiger partial charge on any atom is -0.315 e. The Morgan fingerprint density at radius 1 is 1.27 bits per heavy atom. The van der Waals surface area contributed by atoms with Crippen molar-refractivity contribution in [3.8, 4) is 0 Å². The van der Waals surface area contributed by atoms with Crippen LogP contribution in [0, 0.1) is 0 Å². The van der Waals surface area contributed by atoms with E-state index in [2.05, 4.69) is 34.6 Å². The van der Waals surface area contributed by atoms with Crippen molar-refractivity contribution in [1.82, 2.24) is 25.4 Å². The van der Waals surface area contributed by atoms with E-state index in [0.29, 0.717) is 6.04 Å². The lowest BCUT2D eigenvalue weighted by molar-refractivity contribution is 0.450. The van der Waals surface area contributed by atoms with Gasteiger partial charge in [0.15, 0.2) is 0 Å². The smallest absolute Gasteiger partial charge is 0.137 e. The van der Waals surface area contributed by atoms with Gasteiger partial charge in [0.2, 0.25) is 0 Å². The Morgan fingerprint density at radius 2 is 2.07 bits per heavy atom. The third-order valence-corrected chi connectivity index (χ3v) is 2.23. The van der Waals surface area contributed by atoms with Crippen molar-refractivity contribution >= 4 is 0 Å². The summed E-state index contributed by atoms with van der Waals surface area (Å²) in [6.45, 7) is 8.35. The molecule has 1 heterocycles. The molecule has 1 unspecified atom stereocenters. The minimum atomic E-state index is 0.360. The Labute approximate surface area is 91.3 Å². The number of hydrogen-bond donors (Lipinski definition) is 2. The van der Waals surface area contributed by atoms with Gasteiger partial charge < -0.3 is 10.6 Å². The average molecular weight is 211 g/mol. The molecule has 0 amide bonds. The second-order valence-corrected chi connectivity index (χ2v) is 3.68. The van der Waals surface area contributed by atoms with E-state index in [4.69, 9.17) is 0 Å². The van der Waals surface area contributed by atoms with E-state index in [1.807, 2.05) is 4.68 Å². The topological polar surface area (TPSA) is 54.8 Å². The predicted octanol–water partition coefficient (Wildman–Crippen LogP) is 0.428.